The first-order chi connectivity index (χ1) is 59.5. The Hall–Kier alpha value is -8.29. The van der Waals surface area contributed by atoms with Crippen LogP contribution in [-0.4, -0.2) is 233 Å². The van der Waals surface area contributed by atoms with Gasteiger partial charge >= 0.3 is 6.09 Å². The molecule has 28 nitrogen and oxygen atoms in total. The molecule has 24 atom stereocenters. The molecule has 0 aromatic heterocycles. The summed E-state index contributed by atoms with van der Waals surface area (Å²) in [6, 6.07) is 3.86. The van der Waals surface area contributed by atoms with Crippen LogP contribution in [0.5, 0.6) is 0 Å². The molecular weight excluding hydrogens is 1620 g/mol. The van der Waals surface area contributed by atoms with Crippen LogP contribution in [0.3, 0.4) is 0 Å². The number of hydrogen-bond donors (Lipinski definition) is 14. The summed E-state index contributed by atoms with van der Waals surface area (Å²) in [7, 11) is 4.01. The van der Waals surface area contributed by atoms with Crippen LogP contribution in [0.15, 0.2) is 108 Å². The number of nitrogens with zero attached hydrogens (tertiary/aromatic N) is 2. The van der Waals surface area contributed by atoms with E-state index in [2.05, 4.69) is 101 Å². The lowest BCUT2D eigenvalue weighted by Crippen LogP contribution is -3.10. The quantitative estimate of drug-likeness (QED) is 0.0276. The largest absolute Gasteiger partial charge is 0.446 e. The van der Waals surface area contributed by atoms with Gasteiger partial charge in [0.25, 0.3) is 0 Å². The van der Waals surface area contributed by atoms with Crippen LogP contribution in [0.2, 0.25) is 0 Å². The number of piperidine rings is 1. The number of ether oxygens (including phenoxy) is 1. The molecule has 0 radical (unpaired) electrons. The van der Waals surface area contributed by atoms with Crippen LogP contribution in [0, 0.1) is 58.2 Å². The van der Waals surface area contributed by atoms with E-state index in [0.717, 1.165) is 83.9 Å². The Kier molecular flexibility index (Phi) is 33.6. The summed E-state index contributed by atoms with van der Waals surface area (Å²) < 4.78 is 6.19. The second-order valence-corrected chi connectivity index (χ2v) is 40.7. The van der Waals surface area contributed by atoms with E-state index in [-0.39, 0.29) is 111 Å². The van der Waals surface area contributed by atoms with Crippen LogP contribution >= 0.6 is 21.6 Å². The van der Waals surface area contributed by atoms with E-state index < -0.39 is 133 Å². The molecule has 11 amide bonds. The fourth-order valence-electron chi connectivity index (χ4n) is 22.0. The van der Waals surface area contributed by atoms with Gasteiger partial charge in [-0.25, -0.2) is 4.79 Å². The molecule has 5 aliphatic carbocycles. The first-order valence-corrected chi connectivity index (χ1v) is 48.6. The van der Waals surface area contributed by atoms with Crippen molar-refractivity contribution in [1.29, 1.82) is 0 Å². The van der Waals surface area contributed by atoms with E-state index in [0.29, 0.717) is 72.7 Å². The number of amides is 11. The molecule has 2 aromatic rings. The smallest absolute Gasteiger partial charge is 0.407 e. The first kappa shape index (κ1) is 94.8. The summed E-state index contributed by atoms with van der Waals surface area (Å²) in [6.45, 7) is 16.6. The number of alkyl carbamates (subject to hydrolysis) is 1. The minimum Gasteiger partial charge on any atom is -0.446 e. The average molecular weight is 1750 g/mol. The molecular formula is C94H138N13O15S2+. The van der Waals surface area contributed by atoms with Crippen LogP contribution in [0.1, 0.15) is 194 Å². The van der Waals surface area contributed by atoms with Crippen molar-refractivity contribution in [1.82, 2.24) is 63.0 Å². The van der Waals surface area contributed by atoms with E-state index in [1.807, 2.05) is 24.3 Å². The van der Waals surface area contributed by atoms with Crippen molar-refractivity contribution in [3.63, 3.8) is 0 Å². The minimum absolute atomic E-state index is 0.0486. The van der Waals surface area contributed by atoms with Crippen molar-refractivity contribution in [3.8, 4) is 0 Å². The minimum atomic E-state index is -1.79. The Morgan fingerprint density at radius 1 is 0.669 bits per heavy atom. The second-order valence-electron chi connectivity index (χ2n) is 38.1. The Bertz CT molecular complexity index is 4190. The lowest BCUT2D eigenvalue weighted by atomic mass is 9.47. The number of rotatable bonds is 28. The lowest BCUT2D eigenvalue weighted by molar-refractivity contribution is -0.887. The zero-order valence-corrected chi connectivity index (χ0v) is 75.4. The van der Waals surface area contributed by atoms with Gasteiger partial charge in [0.15, 0.2) is 0 Å². The van der Waals surface area contributed by atoms with Crippen molar-refractivity contribution in [2.45, 2.75) is 281 Å². The molecule has 14 N–H and O–H groups in total. The Balaban J connectivity index is 0.777. The maximum atomic E-state index is 15.6. The summed E-state index contributed by atoms with van der Waals surface area (Å²) in [5.74, 6) is -4.12. The van der Waals surface area contributed by atoms with E-state index >= 15 is 24.0 Å². The third-order valence-electron chi connectivity index (χ3n) is 29.0. The number of hydrogen-bond acceptors (Lipinski definition) is 18. The van der Waals surface area contributed by atoms with E-state index in [9.17, 15) is 44.1 Å². The van der Waals surface area contributed by atoms with Crippen LogP contribution in [0.25, 0.3) is 0 Å². The predicted molar refractivity (Wildman–Crippen MR) is 476 cm³/mol. The Labute approximate surface area is 739 Å². The maximum Gasteiger partial charge on any atom is 0.407 e. The molecule has 680 valence electrons. The number of likely N-dealkylation sites (tertiary alicyclic amines) is 3. The van der Waals surface area contributed by atoms with E-state index in [1.54, 1.807) is 71.8 Å². The summed E-state index contributed by atoms with van der Waals surface area (Å²) in [5, 5.41) is 61.1. The molecule has 10 aliphatic rings. The van der Waals surface area contributed by atoms with Crippen molar-refractivity contribution in [2.24, 2.45) is 58.2 Å². The highest BCUT2D eigenvalue weighted by molar-refractivity contribution is 8.76. The van der Waals surface area contributed by atoms with E-state index in [1.165, 1.54) is 74.2 Å². The number of unbranched alkanes of at least 4 members (excludes halogenated alkanes) is 1. The molecule has 3 saturated carbocycles. The number of aliphatic hydroxyl groups is 3. The summed E-state index contributed by atoms with van der Waals surface area (Å²) >= 11 is 0. The molecule has 12 rings (SSSR count). The molecule has 5 heterocycles. The van der Waals surface area contributed by atoms with Gasteiger partial charge in [-0.15, -0.1) is 0 Å². The van der Waals surface area contributed by atoms with Gasteiger partial charge in [0.05, 0.1) is 57.0 Å². The maximum absolute atomic E-state index is 15.6. The first-order valence-electron chi connectivity index (χ1n) is 46.1. The summed E-state index contributed by atoms with van der Waals surface area (Å²) in [4.78, 5) is 169. The molecule has 0 spiro atoms. The number of allylic oxidation sites excluding steroid dienone is 3. The van der Waals surface area contributed by atoms with Gasteiger partial charge in [-0.05, 0) is 192 Å². The highest BCUT2D eigenvalue weighted by Gasteiger charge is 2.60. The Morgan fingerprint density at radius 3 is 2.06 bits per heavy atom. The van der Waals surface area contributed by atoms with Crippen LogP contribution in [0.4, 0.5) is 4.79 Å². The molecule has 0 bridgehead atoms. The van der Waals surface area contributed by atoms with Crippen molar-refractivity contribution < 1.29 is 77.7 Å². The number of carbonyl (C=O) groups is 11. The van der Waals surface area contributed by atoms with Crippen molar-refractivity contribution >= 4 is 86.8 Å². The zero-order valence-electron chi connectivity index (χ0n) is 73.8. The van der Waals surface area contributed by atoms with Gasteiger partial charge in [0, 0.05) is 56.3 Å². The molecule has 30 heteroatoms. The molecule has 2 aromatic carbocycles. The second kappa shape index (κ2) is 43.9. The standard InChI is InChI=1S/C94H137N13O15S2/c1-56(2)23-19-24-57(3)68-37-38-69-67-36-35-64-50-65(39-41-93(64,6)70(67)40-42-94(68,69)7)122-92(121)95-43-18-17-32-72-82(111)104-81(59(5)110)89(118)103-78(87(116)101-76(53-108)58(4)109)55-124-123-54-77(86(115)98-73(47-60-25-11-9-12-26-60)83(112)99-75(85(114)97-72)49-63-51-96-71-31-16-15-30-66(63)71)102-84(113)74(48-61-27-13-10-14-28-61)100-88(117)79-33-21-45-106(79)91(120)80-34-22-46-107(80)90(119)62-29-20-44-105(8)52-62/h9-16,25-28,30-31,35,51,56-59,62,65-81,96,108-110H,17-24,29,32-34,36-50,52-55H2,1-8H3,(H,95,121)(H,97,114)(H,98,115)(H,99,112)(H,100,117)(H,101,116)(H,102,113)(H,103,118)(H,104,111)/p+1/t57?,58?,59?,62?,65-,66?,67?,68?,69?,70?,71?,72?,73?,74?,75?,76?,77?,78?,79?,80?,81?,93?,94?/m0/s1. The van der Waals surface area contributed by atoms with Gasteiger partial charge in [-0.3, -0.25) is 47.9 Å². The highest BCUT2D eigenvalue weighted by Crippen LogP contribution is 2.67. The normalized spacial score (nSPS) is 32.4. The number of nitrogens with one attached hydrogen (secondary N) is 11. The number of aliphatic hydroxyl groups excluding tert-OH is 3. The predicted octanol–water partition coefficient (Wildman–Crippen LogP) is 5.70. The van der Waals surface area contributed by atoms with Crippen LogP contribution in [-0.2, 0) is 65.5 Å². The molecule has 5 aliphatic heterocycles. The SMILES string of the molecule is CC(C)CCCC(C)C1CCC2C3CC=C4C[C@@H](OC(=O)NCCCCC5NC(=O)C(CC6=CNC7C=CC=CC67)NC(=O)C(Cc6ccccc6)NC(=O)C(NC(=O)C(Cc6ccccc6)NC(=O)C6CCCN6C(=O)C6CCCN6C(=O)C6CCC[NH+](C)C6)CSSCC(C(=O)NC(CO)C(C)O)NC(=O)C(C(C)O)NC5=O)CCC4(C)C3CCC12C. The van der Waals surface area contributed by atoms with Gasteiger partial charge in [0.2, 0.25) is 59.1 Å². The lowest BCUT2D eigenvalue weighted by Gasteiger charge is -2.58. The molecule has 124 heavy (non-hydrogen) atoms. The zero-order chi connectivity index (χ0) is 88.5. The number of quaternary nitrogens is 1. The van der Waals surface area contributed by atoms with Crippen LogP contribution < -0.4 is 58.1 Å². The van der Waals surface area contributed by atoms with Gasteiger partial charge < -0.3 is 87.9 Å². The number of benzene rings is 2. The number of carbonyl (C=O) groups excluding carboxylic acids is 11. The summed E-state index contributed by atoms with van der Waals surface area (Å²) in [6.07, 6.45) is 24.1. The third-order valence-corrected chi connectivity index (χ3v) is 31.5. The van der Waals surface area contributed by atoms with Gasteiger partial charge in [0.1, 0.15) is 60.5 Å². The topological polar surface area (TPSA) is 389 Å². The van der Waals surface area contributed by atoms with E-state index in [4.69, 9.17) is 4.74 Å². The van der Waals surface area contributed by atoms with Crippen molar-refractivity contribution in [2.75, 3.05) is 57.9 Å². The average Bonchev–Trinajstić information content (AvgIpc) is 1.42. The highest BCUT2D eigenvalue weighted by atomic mass is 33.1. The van der Waals surface area contributed by atoms with Crippen molar-refractivity contribution in [3.05, 3.63) is 120 Å². The fraction of sp³-hybridized carbons (Fsp3) is 0.670. The molecule has 23 unspecified atom stereocenters. The monoisotopic (exact) mass is 1750 g/mol. The molecule has 7 fully saturated rings. The Morgan fingerprint density at radius 2 is 1.35 bits per heavy atom. The fourth-order valence-corrected chi connectivity index (χ4v) is 24.4. The number of fused-ring (bicyclic) bond motifs is 6. The van der Waals surface area contributed by atoms with Gasteiger partial charge in [-0.2, -0.15) is 0 Å². The molecule has 4 saturated heterocycles. The third kappa shape index (κ3) is 23.7. The summed E-state index contributed by atoms with van der Waals surface area (Å²) in [5.41, 5.74) is 3.75. The van der Waals surface area contributed by atoms with Gasteiger partial charge in [-0.1, -0.05) is 172 Å².